The molecule has 0 aliphatic heterocycles. The minimum atomic E-state index is -1.02. The first-order valence-corrected chi connectivity index (χ1v) is 6.32. The Hall–Kier alpha value is -1.88. The Bertz CT molecular complexity index is 460. The molecule has 0 heterocycles. The van der Waals surface area contributed by atoms with Crippen molar-refractivity contribution in [2.24, 2.45) is 11.7 Å². The molecule has 0 radical (unpaired) electrons. The summed E-state index contributed by atoms with van der Waals surface area (Å²) in [6, 6.07) is 5.99. The van der Waals surface area contributed by atoms with E-state index >= 15 is 0 Å². The van der Waals surface area contributed by atoms with E-state index in [0.29, 0.717) is 18.5 Å². The molecule has 4 N–H and O–H groups in total. The van der Waals surface area contributed by atoms with Gasteiger partial charge in [-0.15, -0.1) is 0 Å². The molecule has 5 nitrogen and oxygen atoms in total. The molecule has 0 aliphatic rings. The second-order valence-corrected chi connectivity index (χ2v) is 4.58. The summed E-state index contributed by atoms with van der Waals surface area (Å²) in [6.07, 6.45) is 0.681. The van der Waals surface area contributed by atoms with Crippen LogP contribution < -0.4 is 11.1 Å². The quantitative estimate of drug-likeness (QED) is 0.723. The number of benzene rings is 1. The van der Waals surface area contributed by atoms with Crippen LogP contribution in [0.1, 0.15) is 36.2 Å². The molecule has 5 heteroatoms. The van der Waals surface area contributed by atoms with E-state index in [0.717, 1.165) is 5.56 Å². The Kier molecular flexibility index (Phi) is 5.51. The van der Waals surface area contributed by atoms with E-state index in [9.17, 15) is 9.59 Å². The number of aliphatic carboxylic acids is 1. The SMILES string of the molecule is CCC(C)C(NC(=O)c1cccc(CN)c1)C(=O)O. The summed E-state index contributed by atoms with van der Waals surface area (Å²) in [6.45, 7) is 4.03. The summed E-state index contributed by atoms with van der Waals surface area (Å²) in [5, 5.41) is 11.7. The van der Waals surface area contributed by atoms with Crippen molar-refractivity contribution in [1.82, 2.24) is 5.32 Å². The van der Waals surface area contributed by atoms with Gasteiger partial charge in [-0.05, 0) is 23.6 Å². The van der Waals surface area contributed by atoms with E-state index in [1.807, 2.05) is 13.0 Å². The van der Waals surface area contributed by atoms with E-state index in [-0.39, 0.29) is 11.8 Å². The van der Waals surface area contributed by atoms with Crippen LogP contribution in [0.2, 0.25) is 0 Å². The smallest absolute Gasteiger partial charge is 0.326 e. The molecule has 0 spiro atoms. The van der Waals surface area contributed by atoms with E-state index in [4.69, 9.17) is 10.8 Å². The monoisotopic (exact) mass is 264 g/mol. The Balaban J connectivity index is 2.84. The molecular weight excluding hydrogens is 244 g/mol. The van der Waals surface area contributed by atoms with Crippen LogP contribution >= 0.6 is 0 Å². The standard InChI is InChI=1S/C14H20N2O3/c1-3-9(2)12(14(18)19)16-13(17)11-6-4-5-10(7-11)8-15/h4-7,9,12H,3,8,15H2,1-2H3,(H,16,17)(H,18,19). The van der Waals surface area contributed by atoms with Gasteiger partial charge in [0.15, 0.2) is 0 Å². The Morgan fingerprint density at radius 1 is 1.42 bits per heavy atom. The first kappa shape index (κ1) is 15.2. The van der Waals surface area contributed by atoms with Gasteiger partial charge in [0.1, 0.15) is 6.04 Å². The van der Waals surface area contributed by atoms with Crippen LogP contribution in [-0.2, 0) is 11.3 Å². The minimum absolute atomic E-state index is 0.126. The molecule has 1 rings (SSSR count). The zero-order chi connectivity index (χ0) is 14.4. The van der Waals surface area contributed by atoms with Gasteiger partial charge >= 0.3 is 5.97 Å². The highest BCUT2D eigenvalue weighted by Crippen LogP contribution is 2.10. The number of amides is 1. The maximum Gasteiger partial charge on any atom is 0.326 e. The second kappa shape index (κ2) is 6.89. The average molecular weight is 264 g/mol. The third-order valence-electron chi connectivity index (χ3n) is 3.19. The number of nitrogens with two attached hydrogens (primary N) is 1. The summed E-state index contributed by atoms with van der Waals surface area (Å²) in [5.41, 5.74) is 6.78. The molecule has 1 amide bonds. The fraction of sp³-hybridized carbons (Fsp3) is 0.429. The van der Waals surface area contributed by atoms with Crippen molar-refractivity contribution in [2.45, 2.75) is 32.9 Å². The lowest BCUT2D eigenvalue weighted by Gasteiger charge is -2.20. The van der Waals surface area contributed by atoms with Crippen molar-refractivity contribution in [3.05, 3.63) is 35.4 Å². The number of carboxylic acid groups (broad SMARTS) is 1. The molecule has 0 saturated carbocycles. The predicted octanol–water partition coefficient (Wildman–Crippen LogP) is 1.37. The largest absolute Gasteiger partial charge is 0.480 e. The van der Waals surface area contributed by atoms with Gasteiger partial charge < -0.3 is 16.2 Å². The van der Waals surface area contributed by atoms with Crippen molar-refractivity contribution in [3.63, 3.8) is 0 Å². The topological polar surface area (TPSA) is 92.4 Å². The van der Waals surface area contributed by atoms with Gasteiger partial charge in [0, 0.05) is 12.1 Å². The number of hydrogen-bond donors (Lipinski definition) is 3. The van der Waals surface area contributed by atoms with Crippen molar-refractivity contribution in [2.75, 3.05) is 0 Å². The van der Waals surface area contributed by atoms with Crippen molar-refractivity contribution in [1.29, 1.82) is 0 Å². The van der Waals surface area contributed by atoms with Gasteiger partial charge in [-0.2, -0.15) is 0 Å². The molecule has 0 saturated heterocycles. The number of carbonyl (C=O) groups excluding carboxylic acids is 1. The third-order valence-corrected chi connectivity index (χ3v) is 3.19. The highest BCUT2D eigenvalue weighted by molar-refractivity contribution is 5.96. The van der Waals surface area contributed by atoms with Crippen LogP contribution in [0.4, 0.5) is 0 Å². The lowest BCUT2D eigenvalue weighted by molar-refractivity contribution is -0.140. The molecule has 0 aromatic heterocycles. The van der Waals surface area contributed by atoms with Crippen molar-refractivity contribution < 1.29 is 14.7 Å². The summed E-state index contributed by atoms with van der Waals surface area (Å²) < 4.78 is 0. The van der Waals surface area contributed by atoms with Gasteiger partial charge in [0.25, 0.3) is 5.91 Å². The van der Waals surface area contributed by atoms with E-state index in [1.165, 1.54) is 0 Å². The summed E-state index contributed by atoms with van der Waals surface area (Å²) >= 11 is 0. The van der Waals surface area contributed by atoms with Crippen LogP contribution in [0.15, 0.2) is 24.3 Å². The number of hydrogen-bond acceptors (Lipinski definition) is 3. The predicted molar refractivity (Wildman–Crippen MR) is 72.7 cm³/mol. The highest BCUT2D eigenvalue weighted by atomic mass is 16.4. The fourth-order valence-corrected chi connectivity index (χ4v) is 1.75. The molecule has 0 bridgehead atoms. The number of carbonyl (C=O) groups is 2. The van der Waals surface area contributed by atoms with E-state index < -0.39 is 12.0 Å². The lowest BCUT2D eigenvalue weighted by Crippen LogP contribution is -2.45. The lowest BCUT2D eigenvalue weighted by atomic mass is 9.99. The maximum atomic E-state index is 12.0. The normalized spacial score (nSPS) is 13.6. The Labute approximate surface area is 112 Å². The summed E-state index contributed by atoms with van der Waals surface area (Å²) in [5.74, 6) is -1.53. The second-order valence-electron chi connectivity index (χ2n) is 4.58. The average Bonchev–Trinajstić information content (AvgIpc) is 2.43. The molecule has 19 heavy (non-hydrogen) atoms. The maximum absolute atomic E-state index is 12.0. The van der Waals surface area contributed by atoms with Gasteiger partial charge in [0.2, 0.25) is 0 Å². The number of nitrogens with one attached hydrogen (secondary N) is 1. The molecule has 0 fully saturated rings. The molecule has 2 unspecified atom stereocenters. The molecule has 0 aliphatic carbocycles. The van der Waals surface area contributed by atoms with Gasteiger partial charge in [-0.25, -0.2) is 4.79 Å². The van der Waals surface area contributed by atoms with Gasteiger partial charge in [0.05, 0.1) is 0 Å². The molecule has 1 aromatic carbocycles. The zero-order valence-electron chi connectivity index (χ0n) is 11.2. The van der Waals surface area contributed by atoms with Crippen molar-refractivity contribution in [3.8, 4) is 0 Å². The summed E-state index contributed by atoms with van der Waals surface area (Å²) in [7, 11) is 0. The summed E-state index contributed by atoms with van der Waals surface area (Å²) in [4.78, 5) is 23.2. The molecule has 104 valence electrons. The highest BCUT2D eigenvalue weighted by Gasteiger charge is 2.25. The van der Waals surface area contributed by atoms with Gasteiger partial charge in [-0.3, -0.25) is 4.79 Å². The zero-order valence-corrected chi connectivity index (χ0v) is 11.2. The molecule has 1 aromatic rings. The molecule has 2 atom stereocenters. The third kappa shape index (κ3) is 4.06. The molecular formula is C14H20N2O3. The first-order chi connectivity index (χ1) is 8.99. The Morgan fingerprint density at radius 2 is 2.11 bits per heavy atom. The van der Waals surface area contributed by atoms with E-state index in [2.05, 4.69) is 5.32 Å². The fourth-order valence-electron chi connectivity index (χ4n) is 1.75. The van der Waals surface area contributed by atoms with Gasteiger partial charge in [-0.1, -0.05) is 32.4 Å². The van der Waals surface area contributed by atoms with Crippen LogP contribution in [0.25, 0.3) is 0 Å². The van der Waals surface area contributed by atoms with E-state index in [1.54, 1.807) is 25.1 Å². The van der Waals surface area contributed by atoms with Crippen molar-refractivity contribution >= 4 is 11.9 Å². The Morgan fingerprint density at radius 3 is 2.63 bits per heavy atom. The van der Waals surface area contributed by atoms with Crippen LogP contribution in [0.3, 0.4) is 0 Å². The number of carboxylic acids is 1. The van der Waals surface area contributed by atoms with Crippen LogP contribution in [0.5, 0.6) is 0 Å². The van der Waals surface area contributed by atoms with Crippen LogP contribution in [-0.4, -0.2) is 23.0 Å². The minimum Gasteiger partial charge on any atom is -0.480 e. The first-order valence-electron chi connectivity index (χ1n) is 6.32. The van der Waals surface area contributed by atoms with Crippen LogP contribution in [0, 0.1) is 5.92 Å². The number of rotatable bonds is 6.